The fraction of sp³-hybridized carbons (Fsp3) is 0.533. The molecule has 20 heavy (non-hydrogen) atoms. The van der Waals surface area contributed by atoms with Crippen LogP contribution in [0.5, 0.6) is 11.5 Å². The molecule has 0 aliphatic carbocycles. The van der Waals surface area contributed by atoms with Gasteiger partial charge in [-0.3, -0.25) is 10.1 Å². The van der Waals surface area contributed by atoms with E-state index in [4.69, 9.17) is 15.2 Å². The quantitative estimate of drug-likeness (QED) is 0.796. The number of nitrogens with two attached hydrogens (primary N) is 1. The van der Waals surface area contributed by atoms with E-state index in [1.807, 2.05) is 0 Å². The van der Waals surface area contributed by atoms with Crippen LogP contribution in [-0.4, -0.2) is 26.7 Å². The van der Waals surface area contributed by atoms with E-state index in [1.54, 1.807) is 39.3 Å². The summed E-state index contributed by atoms with van der Waals surface area (Å²) in [6.07, 6.45) is 0. The van der Waals surface area contributed by atoms with Crippen molar-refractivity contribution in [2.24, 2.45) is 11.7 Å². The van der Waals surface area contributed by atoms with Crippen molar-refractivity contribution in [1.82, 2.24) is 5.32 Å². The largest absolute Gasteiger partial charge is 0.497 e. The van der Waals surface area contributed by atoms with E-state index in [0.717, 1.165) is 0 Å². The number of hydrogen-bond donors (Lipinski definition) is 2. The first-order valence-corrected chi connectivity index (χ1v) is 6.62. The topological polar surface area (TPSA) is 73.6 Å². The lowest BCUT2D eigenvalue weighted by molar-refractivity contribution is -0.124. The van der Waals surface area contributed by atoms with Crippen LogP contribution in [0.15, 0.2) is 18.2 Å². The van der Waals surface area contributed by atoms with Gasteiger partial charge in [0.2, 0.25) is 5.91 Å². The van der Waals surface area contributed by atoms with E-state index in [2.05, 4.69) is 19.2 Å². The summed E-state index contributed by atoms with van der Waals surface area (Å²) >= 11 is 0. The summed E-state index contributed by atoms with van der Waals surface area (Å²) in [6.45, 7) is 6.58. The molecule has 1 unspecified atom stereocenters. The Bertz CT molecular complexity index is 474. The number of hydrogen-bond acceptors (Lipinski definition) is 4. The van der Waals surface area contributed by atoms with Gasteiger partial charge in [0.1, 0.15) is 17.0 Å². The highest BCUT2D eigenvalue weighted by atomic mass is 16.5. The Morgan fingerprint density at radius 3 is 2.45 bits per heavy atom. The summed E-state index contributed by atoms with van der Waals surface area (Å²) in [6, 6.07) is 5.33. The van der Waals surface area contributed by atoms with Gasteiger partial charge in [-0.05, 0) is 31.5 Å². The Labute approximate surface area is 120 Å². The summed E-state index contributed by atoms with van der Waals surface area (Å²) in [5.74, 6) is 1.20. The second kappa shape index (κ2) is 6.61. The van der Waals surface area contributed by atoms with E-state index in [9.17, 15) is 4.79 Å². The molecule has 112 valence electrons. The first kappa shape index (κ1) is 16.3. The van der Waals surface area contributed by atoms with Crippen LogP contribution in [-0.2, 0) is 10.3 Å². The minimum absolute atomic E-state index is 0.401. The van der Waals surface area contributed by atoms with E-state index < -0.39 is 11.4 Å². The van der Waals surface area contributed by atoms with Crippen molar-refractivity contribution < 1.29 is 14.3 Å². The van der Waals surface area contributed by atoms with Gasteiger partial charge in [0.15, 0.2) is 0 Å². The number of benzene rings is 1. The summed E-state index contributed by atoms with van der Waals surface area (Å²) < 4.78 is 10.5. The number of amides is 1. The number of primary amides is 1. The molecule has 0 aromatic heterocycles. The monoisotopic (exact) mass is 280 g/mol. The standard InChI is InChI=1S/C15H24N2O3/c1-10(2)9-17-15(3,14(16)18)12-7-6-11(19-4)8-13(12)20-5/h6-8,10,17H,9H2,1-5H3,(H2,16,18). The summed E-state index contributed by atoms with van der Waals surface area (Å²) in [5.41, 5.74) is 5.31. The Morgan fingerprint density at radius 2 is 2.00 bits per heavy atom. The highest BCUT2D eigenvalue weighted by molar-refractivity contribution is 5.86. The van der Waals surface area contributed by atoms with Crippen molar-refractivity contribution in [1.29, 1.82) is 0 Å². The van der Waals surface area contributed by atoms with Crippen LogP contribution in [0, 0.1) is 5.92 Å². The predicted octanol–water partition coefficient (Wildman–Crippen LogP) is 1.65. The van der Waals surface area contributed by atoms with Gasteiger partial charge in [0, 0.05) is 11.6 Å². The Morgan fingerprint density at radius 1 is 1.35 bits per heavy atom. The third-order valence-electron chi connectivity index (χ3n) is 3.30. The smallest absolute Gasteiger partial charge is 0.242 e. The molecular weight excluding hydrogens is 256 g/mol. The van der Waals surface area contributed by atoms with Gasteiger partial charge in [-0.25, -0.2) is 0 Å². The fourth-order valence-electron chi connectivity index (χ4n) is 1.93. The number of methoxy groups -OCH3 is 2. The minimum atomic E-state index is -0.984. The van der Waals surface area contributed by atoms with Crippen molar-refractivity contribution in [2.75, 3.05) is 20.8 Å². The lowest BCUT2D eigenvalue weighted by Gasteiger charge is -2.30. The molecule has 1 aromatic carbocycles. The average molecular weight is 280 g/mol. The molecular formula is C15H24N2O3. The maximum atomic E-state index is 11.9. The molecule has 5 nitrogen and oxygen atoms in total. The van der Waals surface area contributed by atoms with Crippen LogP contribution >= 0.6 is 0 Å². The Hall–Kier alpha value is -1.75. The molecule has 1 rings (SSSR count). The molecule has 0 heterocycles. The van der Waals surface area contributed by atoms with E-state index in [-0.39, 0.29) is 0 Å². The average Bonchev–Trinajstić information content (AvgIpc) is 2.43. The highest BCUT2D eigenvalue weighted by Gasteiger charge is 2.35. The highest BCUT2D eigenvalue weighted by Crippen LogP contribution is 2.33. The van der Waals surface area contributed by atoms with Crippen molar-refractivity contribution in [3.63, 3.8) is 0 Å². The maximum Gasteiger partial charge on any atom is 0.242 e. The molecule has 0 spiro atoms. The first-order valence-electron chi connectivity index (χ1n) is 6.62. The SMILES string of the molecule is COc1ccc(C(C)(NCC(C)C)C(N)=O)c(OC)c1. The Kier molecular flexibility index (Phi) is 5.39. The lowest BCUT2D eigenvalue weighted by atomic mass is 9.89. The van der Waals surface area contributed by atoms with Crippen LogP contribution in [0.4, 0.5) is 0 Å². The zero-order valence-electron chi connectivity index (χ0n) is 12.8. The molecule has 3 N–H and O–H groups in total. The maximum absolute atomic E-state index is 11.9. The third kappa shape index (κ3) is 3.42. The lowest BCUT2D eigenvalue weighted by Crippen LogP contribution is -2.51. The Balaban J connectivity index is 3.23. The van der Waals surface area contributed by atoms with Crippen molar-refractivity contribution >= 4 is 5.91 Å². The van der Waals surface area contributed by atoms with Crippen molar-refractivity contribution in [3.05, 3.63) is 23.8 Å². The van der Waals surface area contributed by atoms with Gasteiger partial charge in [0.25, 0.3) is 0 Å². The molecule has 1 aromatic rings. The number of rotatable bonds is 7. The van der Waals surface area contributed by atoms with Crippen LogP contribution < -0.4 is 20.5 Å². The van der Waals surface area contributed by atoms with Crippen LogP contribution in [0.1, 0.15) is 26.3 Å². The van der Waals surface area contributed by atoms with Crippen LogP contribution in [0.3, 0.4) is 0 Å². The molecule has 0 saturated carbocycles. The van der Waals surface area contributed by atoms with E-state index in [1.165, 1.54) is 0 Å². The van der Waals surface area contributed by atoms with Gasteiger partial charge in [-0.15, -0.1) is 0 Å². The molecule has 0 aliphatic heterocycles. The molecule has 0 aliphatic rings. The van der Waals surface area contributed by atoms with Crippen LogP contribution in [0.2, 0.25) is 0 Å². The van der Waals surface area contributed by atoms with Gasteiger partial charge >= 0.3 is 0 Å². The molecule has 5 heteroatoms. The summed E-state index contributed by atoms with van der Waals surface area (Å²) in [5, 5.41) is 3.23. The van der Waals surface area contributed by atoms with Crippen LogP contribution in [0.25, 0.3) is 0 Å². The molecule has 1 atom stereocenters. The first-order chi connectivity index (χ1) is 9.35. The van der Waals surface area contributed by atoms with Crippen molar-refractivity contribution in [3.8, 4) is 11.5 Å². The zero-order chi connectivity index (χ0) is 15.3. The van der Waals surface area contributed by atoms with Gasteiger partial charge in [0.05, 0.1) is 14.2 Å². The van der Waals surface area contributed by atoms with Gasteiger partial charge in [-0.2, -0.15) is 0 Å². The molecule has 0 saturated heterocycles. The zero-order valence-corrected chi connectivity index (χ0v) is 12.8. The molecule has 0 bridgehead atoms. The second-order valence-corrected chi connectivity index (χ2v) is 5.33. The van der Waals surface area contributed by atoms with E-state index >= 15 is 0 Å². The molecule has 0 fully saturated rings. The molecule has 0 radical (unpaired) electrons. The van der Waals surface area contributed by atoms with Gasteiger partial charge in [-0.1, -0.05) is 13.8 Å². The summed E-state index contributed by atoms with van der Waals surface area (Å²) in [7, 11) is 3.14. The third-order valence-corrected chi connectivity index (χ3v) is 3.30. The predicted molar refractivity (Wildman–Crippen MR) is 78.9 cm³/mol. The number of carbonyl (C=O) groups is 1. The van der Waals surface area contributed by atoms with E-state index in [0.29, 0.717) is 29.5 Å². The number of nitrogens with one attached hydrogen (secondary N) is 1. The second-order valence-electron chi connectivity index (χ2n) is 5.33. The molecule has 1 amide bonds. The summed E-state index contributed by atoms with van der Waals surface area (Å²) in [4.78, 5) is 11.9. The minimum Gasteiger partial charge on any atom is -0.497 e. The van der Waals surface area contributed by atoms with Gasteiger partial charge < -0.3 is 15.2 Å². The normalized spacial score (nSPS) is 13.9. The number of ether oxygens (including phenoxy) is 2. The fourth-order valence-corrected chi connectivity index (χ4v) is 1.93. The van der Waals surface area contributed by atoms with Crippen molar-refractivity contribution in [2.45, 2.75) is 26.3 Å². The number of carbonyl (C=O) groups excluding carboxylic acids is 1.